The van der Waals surface area contributed by atoms with Gasteiger partial charge < -0.3 is 14.5 Å². The molecular formula is C21H14F2N2O3. The van der Waals surface area contributed by atoms with E-state index in [4.69, 9.17) is 4.42 Å². The summed E-state index contributed by atoms with van der Waals surface area (Å²) in [6.45, 7) is -2.95. The number of para-hydroxylation sites is 2. The number of alkyl halides is 2. The van der Waals surface area contributed by atoms with Crippen LogP contribution in [0.2, 0.25) is 0 Å². The van der Waals surface area contributed by atoms with E-state index in [-0.39, 0.29) is 11.3 Å². The molecule has 5 nitrogen and oxygen atoms in total. The van der Waals surface area contributed by atoms with Gasteiger partial charge >= 0.3 is 6.61 Å². The lowest BCUT2D eigenvalue weighted by molar-refractivity contribution is -0.0498. The number of benzene rings is 3. The lowest BCUT2D eigenvalue weighted by atomic mass is 10.1. The van der Waals surface area contributed by atoms with Crippen molar-refractivity contribution in [2.75, 3.05) is 5.32 Å². The third-order valence-electron chi connectivity index (χ3n) is 4.00. The Labute approximate surface area is 158 Å². The van der Waals surface area contributed by atoms with Gasteiger partial charge in [-0.15, -0.1) is 0 Å². The van der Waals surface area contributed by atoms with Gasteiger partial charge in [0.2, 0.25) is 5.89 Å². The highest BCUT2D eigenvalue weighted by atomic mass is 19.3. The monoisotopic (exact) mass is 380 g/mol. The zero-order valence-electron chi connectivity index (χ0n) is 14.4. The summed E-state index contributed by atoms with van der Waals surface area (Å²) in [5.41, 5.74) is 2.98. The SMILES string of the molecule is O=C(Nc1ccc(-c2nc3ccccc3o2)cc1)c1cccc(OC(F)F)c1. The summed E-state index contributed by atoms with van der Waals surface area (Å²) in [7, 11) is 0. The van der Waals surface area contributed by atoms with Crippen LogP contribution in [0.5, 0.6) is 5.75 Å². The molecule has 0 aliphatic carbocycles. The first-order chi connectivity index (χ1) is 13.6. The van der Waals surface area contributed by atoms with Crippen LogP contribution in [0, 0.1) is 0 Å². The van der Waals surface area contributed by atoms with Crippen LogP contribution in [-0.2, 0) is 0 Å². The van der Waals surface area contributed by atoms with Crippen molar-refractivity contribution in [3.63, 3.8) is 0 Å². The summed E-state index contributed by atoms with van der Waals surface area (Å²) in [6.07, 6.45) is 0. The summed E-state index contributed by atoms with van der Waals surface area (Å²) in [4.78, 5) is 16.8. The second-order valence-corrected chi connectivity index (χ2v) is 5.92. The van der Waals surface area contributed by atoms with Gasteiger partial charge in [0.25, 0.3) is 5.91 Å². The Morgan fingerprint density at radius 3 is 2.54 bits per heavy atom. The number of hydrogen-bond donors (Lipinski definition) is 1. The van der Waals surface area contributed by atoms with Crippen molar-refractivity contribution in [3.8, 4) is 17.2 Å². The number of aromatic nitrogens is 1. The predicted octanol–water partition coefficient (Wildman–Crippen LogP) is 5.35. The Morgan fingerprint density at radius 1 is 1.00 bits per heavy atom. The number of carbonyl (C=O) groups is 1. The number of rotatable bonds is 5. The van der Waals surface area contributed by atoms with Crippen LogP contribution in [-0.4, -0.2) is 17.5 Å². The van der Waals surface area contributed by atoms with Crippen LogP contribution in [0.25, 0.3) is 22.6 Å². The number of halogens is 2. The smallest absolute Gasteiger partial charge is 0.387 e. The first kappa shape index (κ1) is 17.7. The molecule has 1 heterocycles. The molecule has 0 aliphatic heterocycles. The highest BCUT2D eigenvalue weighted by Gasteiger charge is 2.11. The van der Waals surface area contributed by atoms with Gasteiger partial charge in [0, 0.05) is 16.8 Å². The van der Waals surface area contributed by atoms with Crippen LogP contribution < -0.4 is 10.1 Å². The Kier molecular flexibility index (Phi) is 4.72. The highest BCUT2D eigenvalue weighted by molar-refractivity contribution is 6.04. The molecule has 0 spiro atoms. The molecule has 0 radical (unpaired) electrons. The van der Waals surface area contributed by atoms with Crippen LogP contribution in [0.4, 0.5) is 14.5 Å². The molecule has 7 heteroatoms. The number of oxazole rings is 1. The van der Waals surface area contributed by atoms with Crippen molar-refractivity contribution in [2.45, 2.75) is 6.61 Å². The number of ether oxygens (including phenoxy) is 1. The zero-order chi connectivity index (χ0) is 19.5. The summed E-state index contributed by atoms with van der Waals surface area (Å²) in [5.74, 6) is -0.0285. The largest absolute Gasteiger partial charge is 0.436 e. The van der Waals surface area contributed by atoms with Gasteiger partial charge in [-0.05, 0) is 54.6 Å². The molecule has 4 aromatic rings. The molecule has 3 aromatic carbocycles. The summed E-state index contributed by atoms with van der Waals surface area (Å²) < 4.78 is 34.7. The van der Waals surface area contributed by atoms with Crippen LogP contribution in [0.3, 0.4) is 0 Å². The molecule has 140 valence electrons. The zero-order valence-corrected chi connectivity index (χ0v) is 14.4. The maximum atomic E-state index is 12.3. The lowest BCUT2D eigenvalue weighted by Gasteiger charge is -2.08. The maximum absolute atomic E-state index is 12.3. The van der Waals surface area contributed by atoms with Crippen LogP contribution in [0.15, 0.2) is 77.2 Å². The topological polar surface area (TPSA) is 64.4 Å². The Morgan fingerprint density at radius 2 is 1.79 bits per heavy atom. The minimum atomic E-state index is -2.95. The average molecular weight is 380 g/mol. The number of nitrogens with one attached hydrogen (secondary N) is 1. The summed E-state index contributed by atoms with van der Waals surface area (Å²) in [5, 5.41) is 2.71. The van der Waals surface area contributed by atoms with E-state index < -0.39 is 12.5 Å². The van der Waals surface area contributed by atoms with Gasteiger partial charge in [0.1, 0.15) is 11.3 Å². The summed E-state index contributed by atoms with van der Waals surface area (Å²) in [6, 6.07) is 20.0. The standard InChI is InChI=1S/C21H14F2N2O3/c22-21(23)27-16-5-3-4-14(12-16)19(26)24-15-10-8-13(9-11-15)20-25-17-6-1-2-7-18(17)28-20/h1-12,21H,(H,24,26). The number of amides is 1. The molecule has 0 saturated heterocycles. The normalized spacial score (nSPS) is 11.0. The molecular weight excluding hydrogens is 366 g/mol. The predicted molar refractivity (Wildman–Crippen MR) is 100 cm³/mol. The number of carbonyl (C=O) groups excluding carboxylic acids is 1. The molecule has 0 saturated carbocycles. The van der Waals surface area contributed by atoms with Crippen LogP contribution in [0.1, 0.15) is 10.4 Å². The second kappa shape index (κ2) is 7.48. The van der Waals surface area contributed by atoms with E-state index in [9.17, 15) is 13.6 Å². The molecule has 0 atom stereocenters. The van der Waals surface area contributed by atoms with E-state index in [0.29, 0.717) is 17.2 Å². The molecule has 1 aromatic heterocycles. The van der Waals surface area contributed by atoms with Crippen molar-refractivity contribution in [3.05, 3.63) is 78.4 Å². The Balaban J connectivity index is 1.49. The van der Waals surface area contributed by atoms with E-state index in [2.05, 4.69) is 15.0 Å². The fourth-order valence-electron chi connectivity index (χ4n) is 2.71. The molecule has 0 unspecified atom stereocenters. The van der Waals surface area contributed by atoms with Crippen molar-refractivity contribution in [2.24, 2.45) is 0 Å². The minimum Gasteiger partial charge on any atom is -0.436 e. The molecule has 0 bridgehead atoms. The van der Waals surface area contributed by atoms with Crippen molar-refractivity contribution < 1.29 is 22.7 Å². The number of nitrogens with zero attached hydrogens (tertiary/aromatic N) is 1. The average Bonchev–Trinajstić information content (AvgIpc) is 3.12. The minimum absolute atomic E-state index is 0.0750. The van der Waals surface area contributed by atoms with Crippen molar-refractivity contribution in [1.82, 2.24) is 4.98 Å². The van der Waals surface area contributed by atoms with Gasteiger partial charge in [-0.3, -0.25) is 4.79 Å². The van der Waals surface area contributed by atoms with E-state index in [0.717, 1.165) is 11.1 Å². The Hall–Kier alpha value is -3.74. The molecule has 1 amide bonds. The van der Waals surface area contributed by atoms with Gasteiger partial charge in [-0.2, -0.15) is 8.78 Å². The van der Waals surface area contributed by atoms with Crippen molar-refractivity contribution in [1.29, 1.82) is 0 Å². The molecule has 4 rings (SSSR count). The summed E-state index contributed by atoms with van der Waals surface area (Å²) >= 11 is 0. The lowest BCUT2D eigenvalue weighted by Crippen LogP contribution is -2.12. The van der Waals surface area contributed by atoms with Gasteiger partial charge in [0.15, 0.2) is 5.58 Å². The maximum Gasteiger partial charge on any atom is 0.387 e. The van der Waals surface area contributed by atoms with Gasteiger partial charge in [-0.1, -0.05) is 18.2 Å². The molecule has 1 N–H and O–H groups in total. The van der Waals surface area contributed by atoms with Gasteiger partial charge in [-0.25, -0.2) is 4.98 Å². The van der Waals surface area contributed by atoms with Crippen LogP contribution >= 0.6 is 0 Å². The van der Waals surface area contributed by atoms with E-state index in [1.807, 2.05) is 24.3 Å². The fourth-order valence-corrected chi connectivity index (χ4v) is 2.71. The van der Waals surface area contributed by atoms with E-state index >= 15 is 0 Å². The molecule has 28 heavy (non-hydrogen) atoms. The first-order valence-corrected chi connectivity index (χ1v) is 8.41. The molecule has 0 aliphatic rings. The Bertz CT molecular complexity index is 1090. The second-order valence-electron chi connectivity index (χ2n) is 5.92. The first-order valence-electron chi connectivity index (χ1n) is 8.41. The fraction of sp³-hybridized carbons (Fsp3) is 0.0476. The number of hydrogen-bond acceptors (Lipinski definition) is 4. The van der Waals surface area contributed by atoms with Gasteiger partial charge in [0.05, 0.1) is 0 Å². The third-order valence-corrected chi connectivity index (χ3v) is 4.00. The number of anilines is 1. The highest BCUT2D eigenvalue weighted by Crippen LogP contribution is 2.25. The number of fused-ring (bicyclic) bond motifs is 1. The van der Waals surface area contributed by atoms with Crippen molar-refractivity contribution >= 4 is 22.7 Å². The molecule has 0 fully saturated rings. The third kappa shape index (κ3) is 3.83. The van der Waals surface area contributed by atoms with E-state index in [1.54, 1.807) is 24.3 Å². The quantitative estimate of drug-likeness (QED) is 0.507. The van der Waals surface area contributed by atoms with E-state index in [1.165, 1.54) is 24.3 Å².